The second-order valence-electron chi connectivity index (χ2n) is 9.20. The highest BCUT2D eigenvalue weighted by Gasteiger charge is 2.54. The van der Waals surface area contributed by atoms with Gasteiger partial charge in [0.2, 0.25) is 0 Å². The second-order valence-corrected chi connectivity index (χ2v) is 9.20. The summed E-state index contributed by atoms with van der Waals surface area (Å²) in [4.78, 5) is 41.3. The fraction of sp³-hybridized carbons (Fsp3) is 0.250. The average Bonchev–Trinajstić information content (AvgIpc) is 3.06. The summed E-state index contributed by atoms with van der Waals surface area (Å²) in [6, 6.07) is 25.6. The lowest BCUT2D eigenvalue weighted by Gasteiger charge is -2.30. The topological polar surface area (TPSA) is 63.7 Å². The number of ether oxygens (including phenoxy) is 1. The number of nitrogens with zero attached hydrogens (tertiary/aromatic N) is 1. The van der Waals surface area contributed by atoms with Crippen molar-refractivity contribution in [2.45, 2.75) is 44.6 Å². The number of carbonyl (C=O) groups is 3. The quantitative estimate of drug-likeness (QED) is 0.461. The first kappa shape index (κ1) is 22.5. The monoisotopic (exact) mass is 441 g/mol. The molecule has 1 aliphatic rings. The lowest BCUT2D eigenvalue weighted by Crippen LogP contribution is -2.46. The predicted molar refractivity (Wildman–Crippen MR) is 127 cm³/mol. The highest BCUT2D eigenvalue weighted by atomic mass is 16.6. The Morgan fingerprint density at radius 2 is 1.42 bits per heavy atom. The van der Waals surface area contributed by atoms with Crippen LogP contribution in [0.2, 0.25) is 0 Å². The number of para-hydroxylation sites is 1. The van der Waals surface area contributed by atoms with E-state index in [4.69, 9.17) is 4.74 Å². The van der Waals surface area contributed by atoms with Crippen LogP contribution in [0.3, 0.4) is 0 Å². The number of benzene rings is 3. The molecule has 1 heterocycles. The molecular weight excluding hydrogens is 414 g/mol. The molecule has 0 N–H and O–H groups in total. The molecule has 0 unspecified atom stereocenters. The third-order valence-corrected chi connectivity index (χ3v) is 5.84. The molecule has 0 radical (unpaired) electrons. The molecule has 0 fully saturated rings. The van der Waals surface area contributed by atoms with E-state index in [0.29, 0.717) is 16.8 Å². The molecule has 0 saturated carbocycles. The molecule has 168 valence electrons. The van der Waals surface area contributed by atoms with Crippen molar-refractivity contribution >= 4 is 23.5 Å². The first-order valence-corrected chi connectivity index (χ1v) is 11.0. The third-order valence-electron chi connectivity index (χ3n) is 5.84. The number of Topliss-reactive ketones (excluding diaryl/α,β-unsaturated/α-hetero) is 1. The highest BCUT2D eigenvalue weighted by molar-refractivity contribution is 6.22. The van der Waals surface area contributed by atoms with Gasteiger partial charge in [-0.3, -0.25) is 9.59 Å². The Balaban J connectivity index is 1.80. The van der Waals surface area contributed by atoms with Gasteiger partial charge in [-0.05, 0) is 44.4 Å². The summed E-state index contributed by atoms with van der Waals surface area (Å²) in [7, 11) is 0. The van der Waals surface area contributed by atoms with Crippen molar-refractivity contribution in [3.63, 3.8) is 0 Å². The van der Waals surface area contributed by atoms with Crippen LogP contribution in [-0.4, -0.2) is 23.4 Å². The van der Waals surface area contributed by atoms with E-state index in [1.807, 2.05) is 60.7 Å². The summed E-state index contributed by atoms with van der Waals surface area (Å²) in [5.74, 6) is -0.447. The maximum atomic E-state index is 14.1. The molecule has 1 aliphatic heterocycles. The number of hydrogen-bond acceptors (Lipinski definition) is 4. The molecule has 0 saturated heterocycles. The Morgan fingerprint density at radius 3 is 2.06 bits per heavy atom. The van der Waals surface area contributed by atoms with Crippen molar-refractivity contribution in [2.24, 2.45) is 0 Å². The van der Waals surface area contributed by atoms with Crippen LogP contribution in [0, 0.1) is 0 Å². The predicted octanol–water partition coefficient (Wildman–Crippen LogP) is 5.92. The van der Waals surface area contributed by atoms with Crippen molar-refractivity contribution in [3.05, 3.63) is 102 Å². The summed E-state index contributed by atoms with van der Waals surface area (Å²) in [5, 5.41) is 0. The van der Waals surface area contributed by atoms with Crippen molar-refractivity contribution < 1.29 is 19.1 Å². The Kier molecular flexibility index (Phi) is 5.90. The Hall–Kier alpha value is -3.73. The summed E-state index contributed by atoms with van der Waals surface area (Å²) >= 11 is 0. The van der Waals surface area contributed by atoms with Crippen LogP contribution in [0.5, 0.6) is 0 Å². The van der Waals surface area contributed by atoms with Crippen LogP contribution < -0.4 is 4.90 Å². The highest BCUT2D eigenvalue weighted by Crippen LogP contribution is 2.49. The van der Waals surface area contributed by atoms with Crippen LogP contribution in [0.4, 0.5) is 10.5 Å². The van der Waals surface area contributed by atoms with Gasteiger partial charge in [0, 0.05) is 12.0 Å². The molecule has 0 bridgehead atoms. The SMILES string of the molecule is CC(C)(C)OC(=O)N1C(=O)[C@](CCC(=O)c2ccccc2)(c2ccccc2)c2ccccc21. The van der Waals surface area contributed by atoms with E-state index in [1.165, 1.54) is 0 Å². The van der Waals surface area contributed by atoms with E-state index < -0.39 is 23.0 Å². The molecule has 2 amide bonds. The fourth-order valence-electron chi connectivity index (χ4n) is 4.39. The zero-order valence-electron chi connectivity index (χ0n) is 19.1. The van der Waals surface area contributed by atoms with Gasteiger partial charge in [-0.25, -0.2) is 9.69 Å². The van der Waals surface area contributed by atoms with Gasteiger partial charge in [0.05, 0.1) is 5.69 Å². The number of carbonyl (C=O) groups excluding carboxylic acids is 3. The molecule has 33 heavy (non-hydrogen) atoms. The summed E-state index contributed by atoms with van der Waals surface area (Å²) < 4.78 is 5.57. The summed E-state index contributed by atoms with van der Waals surface area (Å²) in [5.41, 5.74) is 0.616. The standard InChI is InChI=1S/C28H27NO4/c1-27(2,3)33-26(32)29-23-17-11-10-16-22(23)28(25(29)31,21-14-8-5-9-15-21)19-18-24(30)20-12-6-4-7-13-20/h4-17H,18-19H2,1-3H3/t28-/m1/s1. The number of fused-ring (bicyclic) bond motifs is 1. The van der Waals surface area contributed by atoms with E-state index in [9.17, 15) is 14.4 Å². The van der Waals surface area contributed by atoms with Gasteiger partial charge in [-0.1, -0.05) is 78.9 Å². The van der Waals surface area contributed by atoms with Crippen molar-refractivity contribution in [1.82, 2.24) is 0 Å². The van der Waals surface area contributed by atoms with E-state index in [0.717, 1.165) is 10.5 Å². The number of ketones is 1. The molecule has 3 aromatic carbocycles. The summed E-state index contributed by atoms with van der Waals surface area (Å²) in [6.45, 7) is 5.29. The van der Waals surface area contributed by atoms with E-state index in [2.05, 4.69) is 0 Å². The van der Waals surface area contributed by atoms with Crippen molar-refractivity contribution in [3.8, 4) is 0 Å². The molecule has 5 heteroatoms. The van der Waals surface area contributed by atoms with Gasteiger partial charge in [-0.15, -0.1) is 0 Å². The largest absolute Gasteiger partial charge is 0.443 e. The minimum absolute atomic E-state index is 0.0492. The van der Waals surface area contributed by atoms with Crippen LogP contribution in [-0.2, 0) is 14.9 Å². The maximum absolute atomic E-state index is 14.1. The molecule has 3 aromatic rings. The molecule has 5 nitrogen and oxygen atoms in total. The van der Waals surface area contributed by atoms with Gasteiger partial charge in [0.15, 0.2) is 5.78 Å². The Labute approximate surface area is 194 Å². The number of amides is 2. The Bertz CT molecular complexity index is 1180. The van der Waals surface area contributed by atoms with Crippen LogP contribution in [0.25, 0.3) is 0 Å². The zero-order valence-corrected chi connectivity index (χ0v) is 19.1. The van der Waals surface area contributed by atoms with E-state index >= 15 is 0 Å². The number of rotatable bonds is 5. The van der Waals surface area contributed by atoms with Crippen LogP contribution in [0.15, 0.2) is 84.9 Å². The third kappa shape index (κ3) is 4.19. The van der Waals surface area contributed by atoms with Crippen LogP contribution >= 0.6 is 0 Å². The molecular formula is C28H27NO4. The lowest BCUT2D eigenvalue weighted by molar-refractivity contribution is -0.121. The zero-order chi connectivity index (χ0) is 23.6. The van der Waals surface area contributed by atoms with E-state index in [1.54, 1.807) is 45.0 Å². The average molecular weight is 442 g/mol. The maximum Gasteiger partial charge on any atom is 0.421 e. The van der Waals surface area contributed by atoms with Gasteiger partial charge >= 0.3 is 6.09 Å². The molecule has 0 aromatic heterocycles. The van der Waals surface area contributed by atoms with Gasteiger partial charge in [0.25, 0.3) is 5.91 Å². The van der Waals surface area contributed by atoms with Gasteiger partial charge < -0.3 is 4.74 Å². The molecule has 1 atom stereocenters. The Morgan fingerprint density at radius 1 is 0.848 bits per heavy atom. The molecule has 4 rings (SSSR count). The first-order valence-electron chi connectivity index (χ1n) is 11.0. The first-order chi connectivity index (χ1) is 15.7. The van der Waals surface area contributed by atoms with Crippen molar-refractivity contribution in [2.75, 3.05) is 4.90 Å². The van der Waals surface area contributed by atoms with Gasteiger partial charge in [0.1, 0.15) is 11.0 Å². The van der Waals surface area contributed by atoms with Crippen molar-refractivity contribution in [1.29, 1.82) is 0 Å². The van der Waals surface area contributed by atoms with Crippen LogP contribution in [0.1, 0.15) is 55.1 Å². The number of hydrogen-bond donors (Lipinski definition) is 0. The van der Waals surface area contributed by atoms with E-state index in [-0.39, 0.29) is 18.6 Å². The summed E-state index contributed by atoms with van der Waals surface area (Å²) in [6.07, 6.45) is -0.326. The normalized spacial score (nSPS) is 17.5. The lowest BCUT2D eigenvalue weighted by atomic mass is 9.71. The number of anilines is 1. The van der Waals surface area contributed by atoms with Gasteiger partial charge in [-0.2, -0.15) is 0 Å². The molecule has 0 aliphatic carbocycles. The fourth-order valence-corrected chi connectivity index (χ4v) is 4.39. The second kappa shape index (κ2) is 8.66. The minimum Gasteiger partial charge on any atom is -0.443 e. The number of imide groups is 1. The molecule has 0 spiro atoms. The smallest absolute Gasteiger partial charge is 0.421 e. The minimum atomic E-state index is -1.17.